The van der Waals surface area contributed by atoms with E-state index in [0.717, 1.165) is 5.56 Å². The van der Waals surface area contributed by atoms with Crippen LogP contribution in [0.15, 0.2) is 24.3 Å². The second kappa shape index (κ2) is 4.30. The van der Waals surface area contributed by atoms with E-state index in [4.69, 9.17) is 5.11 Å². The van der Waals surface area contributed by atoms with Crippen LogP contribution in [0, 0.1) is 5.41 Å². The fourth-order valence-electron chi connectivity index (χ4n) is 3.10. The number of rotatable bonds is 4. The number of hydrogen-bond donors (Lipinski definition) is 1. The van der Waals surface area contributed by atoms with Crippen LogP contribution in [-0.2, 0) is 11.2 Å². The molecular formula is C15H19NO2. The lowest BCUT2D eigenvalue weighted by molar-refractivity contribution is -0.136. The van der Waals surface area contributed by atoms with Crippen molar-refractivity contribution in [2.24, 2.45) is 5.41 Å². The highest BCUT2D eigenvalue weighted by atomic mass is 16.4. The number of aliphatic carboxylic acids is 1. The molecule has 1 spiro atoms. The monoisotopic (exact) mass is 245 g/mol. The summed E-state index contributed by atoms with van der Waals surface area (Å²) in [6, 6.07) is 8.34. The molecular weight excluding hydrogens is 226 g/mol. The number of anilines is 1. The van der Waals surface area contributed by atoms with Gasteiger partial charge in [0.2, 0.25) is 0 Å². The van der Waals surface area contributed by atoms with Crippen LogP contribution in [0.4, 0.5) is 5.69 Å². The van der Waals surface area contributed by atoms with E-state index in [0.29, 0.717) is 11.8 Å². The molecule has 96 valence electrons. The van der Waals surface area contributed by atoms with Crippen LogP contribution < -0.4 is 4.90 Å². The summed E-state index contributed by atoms with van der Waals surface area (Å²) in [6.45, 7) is 2.38. The third kappa shape index (κ3) is 2.09. The van der Waals surface area contributed by atoms with E-state index in [1.165, 1.54) is 38.0 Å². The SMILES string of the molecule is O=C(O)CCc1cccc(N2CC3(CCC3)C2)c1. The fraction of sp³-hybridized carbons (Fsp3) is 0.533. The molecule has 1 saturated carbocycles. The summed E-state index contributed by atoms with van der Waals surface area (Å²) in [5.41, 5.74) is 3.02. The molecule has 2 aliphatic rings. The van der Waals surface area contributed by atoms with E-state index in [1.54, 1.807) is 0 Å². The van der Waals surface area contributed by atoms with E-state index in [9.17, 15) is 4.79 Å². The Hall–Kier alpha value is -1.51. The van der Waals surface area contributed by atoms with E-state index < -0.39 is 5.97 Å². The molecule has 0 bridgehead atoms. The molecule has 0 radical (unpaired) electrons. The Kier molecular flexibility index (Phi) is 2.77. The number of aryl methyl sites for hydroxylation is 1. The molecule has 1 aliphatic heterocycles. The van der Waals surface area contributed by atoms with Crippen molar-refractivity contribution in [2.45, 2.75) is 32.1 Å². The lowest BCUT2D eigenvalue weighted by Gasteiger charge is -2.57. The Morgan fingerprint density at radius 2 is 2.11 bits per heavy atom. The highest BCUT2D eigenvalue weighted by molar-refractivity contribution is 5.67. The van der Waals surface area contributed by atoms with Crippen molar-refractivity contribution in [3.8, 4) is 0 Å². The molecule has 3 heteroatoms. The molecule has 1 aromatic carbocycles. The molecule has 3 nitrogen and oxygen atoms in total. The maximum Gasteiger partial charge on any atom is 0.303 e. The molecule has 0 amide bonds. The minimum atomic E-state index is -0.724. The molecule has 18 heavy (non-hydrogen) atoms. The first kappa shape index (κ1) is 11.6. The van der Waals surface area contributed by atoms with Gasteiger partial charge in [-0.25, -0.2) is 0 Å². The van der Waals surface area contributed by atoms with Crippen molar-refractivity contribution in [2.75, 3.05) is 18.0 Å². The summed E-state index contributed by atoms with van der Waals surface area (Å²) < 4.78 is 0. The van der Waals surface area contributed by atoms with Crippen LogP contribution in [0.5, 0.6) is 0 Å². The number of hydrogen-bond acceptors (Lipinski definition) is 2. The lowest BCUT2D eigenvalue weighted by Crippen LogP contribution is -2.59. The first-order chi connectivity index (χ1) is 8.67. The Balaban J connectivity index is 1.62. The number of carbonyl (C=O) groups is 1. The van der Waals surface area contributed by atoms with E-state index in [2.05, 4.69) is 17.0 Å². The summed E-state index contributed by atoms with van der Waals surface area (Å²) in [6.07, 6.45) is 5.02. The van der Waals surface area contributed by atoms with Gasteiger partial charge in [0.25, 0.3) is 0 Å². The van der Waals surface area contributed by atoms with Crippen LogP contribution in [0.25, 0.3) is 0 Å². The van der Waals surface area contributed by atoms with E-state index in [1.807, 2.05) is 12.1 Å². The average Bonchev–Trinajstić information content (AvgIpc) is 2.23. The summed E-state index contributed by atoms with van der Waals surface area (Å²) in [5, 5.41) is 8.71. The Labute approximate surface area is 107 Å². The van der Waals surface area contributed by atoms with Crippen molar-refractivity contribution >= 4 is 11.7 Å². The normalized spacial score (nSPS) is 20.3. The van der Waals surface area contributed by atoms with Crippen molar-refractivity contribution in [1.82, 2.24) is 0 Å². The topological polar surface area (TPSA) is 40.5 Å². The Morgan fingerprint density at radius 3 is 2.72 bits per heavy atom. The molecule has 1 aliphatic carbocycles. The lowest BCUT2D eigenvalue weighted by atomic mass is 9.63. The Bertz CT molecular complexity index is 457. The van der Waals surface area contributed by atoms with Crippen molar-refractivity contribution in [1.29, 1.82) is 0 Å². The van der Waals surface area contributed by atoms with Gasteiger partial charge >= 0.3 is 5.97 Å². The molecule has 1 aromatic rings. The van der Waals surface area contributed by atoms with Gasteiger partial charge in [-0.15, -0.1) is 0 Å². The number of carboxylic acids is 1. The molecule has 3 rings (SSSR count). The van der Waals surface area contributed by atoms with Crippen LogP contribution in [0.3, 0.4) is 0 Å². The van der Waals surface area contributed by atoms with Crippen LogP contribution >= 0.6 is 0 Å². The zero-order valence-electron chi connectivity index (χ0n) is 10.6. The zero-order chi connectivity index (χ0) is 12.6. The third-order valence-electron chi connectivity index (χ3n) is 4.37. The van der Waals surface area contributed by atoms with E-state index >= 15 is 0 Å². The predicted octanol–water partition coefficient (Wildman–Crippen LogP) is 2.69. The van der Waals surface area contributed by atoms with Gasteiger partial charge in [0.05, 0.1) is 0 Å². The summed E-state index contributed by atoms with van der Waals surface area (Å²) in [4.78, 5) is 13.0. The summed E-state index contributed by atoms with van der Waals surface area (Å²) in [5.74, 6) is -0.724. The molecule has 1 saturated heterocycles. The first-order valence-electron chi connectivity index (χ1n) is 6.73. The average molecular weight is 245 g/mol. The fourth-order valence-corrected chi connectivity index (χ4v) is 3.10. The third-order valence-corrected chi connectivity index (χ3v) is 4.37. The van der Waals surface area contributed by atoms with Crippen molar-refractivity contribution in [3.63, 3.8) is 0 Å². The smallest absolute Gasteiger partial charge is 0.303 e. The van der Waals surface area contributed by atoms with Gasteiger partial charge in [0, 0.05) is 30.6 Å². The van der Waals surface area contributed by atoms with Crippen LogP contribution in [0.1, 0.15) is 31.2 Å². The quantitative estimate of drug-likeness (QED) is 0.886. The van der Waals surface area contributed by atoms with Gasteiger partial charge in [-0.3, -0.25) is 4.79 Å². The van der Waals surface area contributed by atoms with Gasteiger partial charge in [0.1, 0.15) is 0 Å². The van der Waals surface area contributed by atoms with Crippen molar-refractivity contribution < 1.29 is 9.90 Å². The van der Waals surface area contributed by atoms with Gasteiger partial charge in [0.15, 0.2) is 0 Å². The highest BCUT2D eigenvalue weighted by Crippen LogP contribution is 2.49. The molecule has 2 fully saturated rings. The largest absolute Gasteiger partial charge is 0.481 e. The van der Waals surface area contributed by atoms with Crippen LogP contribution in [-0.4, -0.2) is 24.2 Å². The van der Waals surface area contributed by atoms with Gasteiger partial charge < -0.3 is 10.0 Å². The number of carboxylic acid groups (broad SMARTS) is 1. The van der Waals surface area contributed by atoms with E-state index in [-0.39, 0.29) is 6.42 Å². The number of benzene rings is 1. The molecule has 1 heterocycles. The summed E-state index contributed by atoms with van der Waals surface area (Å²) >= 11 is 0. The molecule has 0 aromatic heterocycles. The minimum Gasteiger partial charge on any atom is -0.481 e. The van der Waals surface area contributed by atoms with Gasteiger partial charge in [-0.1, -0.05) is 18.6 Å². The highest BCUT2D eigenvalue weighted by Gasteiger charge is 2.47. The Morgan fingerprint density at radius 1 is 1.33 bits per heavy atom. The molecule has 0 atom stereocenters. The zero-order valence-corrected chi connectivity index (χ0v) is 10.6. The second-order valence-electron chi connectivity index (χ2n) is 5.77. The predicted molar refractivity (Wildman–Crippen MR) is 70.9 cm³/mol. The molecule has 1 N–H and O–H groups in total. The standard InChI is InChI=1S/C15H19NO2/c17-14(18)6-5-12-3-1-4-13(9-12)16-10-15(11-16)7-2-8-15/h1,3-4,9H,2,5-8,10-11H2,(H,17,18). The van der Waals surface area contributed by atoms with Crippen molar-refractivity contribution in [3.05, 3.63) is 29.8 Å². The minimum absolute atomic E-state index is 0.216. The van der Waals surface area contributed by atoms with Crippen LogP contribution in [0.2, 0.25) is 0 Å². The maximum atomic E-state index is 10.6. The maximum absolute atomic E-state index is 10.6. The first-order valence-corrected chi connectivity index (χ1v) is 6.73. The van der Waals surface area contributed by atoms with Gasteiger partial charge in [-0.2, -0.15) is 0 Å². The second-order valence-corrected chi connectivity index (χ2v) is 5.77. The number of nitrogens with zero attached hydrogens (tertiary/aromatic N) is 1. The van der Waals surface area contributed by atoms with Gasteiger partial charge in [-0.05, 0) is 37.0 Å². The molecule has 0 unspecified atom stereocenters. The summed E-state index contributed by atoms with van der Waals surface area (Å²) in [7, 11) is 0.